The van der Waals surface area contributed by atoms with E-state index in [0.717, 1.165) is 0 Å². The molecule has 12 nitrogen and oxygen atoms in total. The predicted octanol–water partition coefficient (Wildman–Crippen LogP) is -0.437. The minimum absolute atomic E-state index is 0.0836. The SMILES string of the molecule is N[C@@H](CCC(=O)N[C@@H](CS)C(=O)NCC(=O)C1C=Cc2c(cccc2[N+](=O)[O-])C1O)C(=O)O. The molecular weight excluding hydrogens is 456 g/mol. The van der Waals surface area contributed by atoms with Gasteiger partial charge in [-0.1, -0.05) is 24.3 Å². The first-order valence-corrected chi connectivity index (χ1v) is 10.5. The molecule has 1 aromatic rings. The Balaban J connectivity index is 1.94. The van der Waals surface area contributed by atoms with Crippen molar-refractivity contribution in [2.45, 2.75) is 31.0 Å². The monoisotopic (exact) mass is 480 g/mol. The number of nitrogens with zero attached hydrogens (tertiary/aromatic N) is 1. The Morgan fingerprint density at radius 2 is 1.97 bits per heavy atom. The molecule has 2 unspecified atom stereocenters. The van der Waals surface area contributed by atoms with Crippen molar-refractivity contribution < 1.29 is 34.3 Å². The van der Waals surface area contributed by atoms with Crippen LogP contribution in [0.4, 0.5) is 5.69 Å². The van der Waals surface area contributed by atoms with Crippen molar-refractivity contribution in [3.63, 3.8) is 0 Å². The molecule has 1 aromatic carbocycles. The molecule has 178 valence electrons. The number of fused-ring (bicyclic) bond motifs is 1. The molecule has 2 amide bonds. The van der Waals surface area contributed by atoms with E-state index in [1.807, 2.05) is 0 Å². The molecule has 0 radical (unpaired) electrons. The van der Waals surface area contributed by atoms with Crippen LogP contribution in [0.3, 0.4) is 0 Å². The number of amides is 2. The van der Waals surface area contributed by atoms with Gasteiger partial charge in [0.1, 0.15) is 12.1 Å². The van der Waals surface area contributed by atoms with E-state index in [1.54, 1.807) is 0 Å². The highest BCUT2D eigenvalue weighted by Gasteiger charge is 2.33. The lowest BCUT2D eigenvalue weighted by Crippen LogP contribution is -2.49. The maximum Gasteiger partial charge on any atom is 0.320 e. The van der Waals surface area contributed by atoms with Gasteiger partial charge < -0.3 is 26.6 Å². The van der Waals surface area contributed by atoms with E-state index < -0.39 is 59.1 Å². The third-order valence-electron chi connectivity index (χ3n) is 5.09. The zero-order chi connectivity index (χ0) is 24.7. The van der Waals surface area contributed by atoms with Gasteiger partial charge in [-0.15, -0.1) is 0 Å². The Bertz CT molecular complexity index is 983. The minimum atomic E-state index is -1.33. The van der Waals surface area contributed by atoms with Crippen LogP contribution in [0.25, 0.3) is 6.08 Å². The van der Waals surface area contributed by atoms with E-state index in [1.165, 1.54) is 30.4 Å². The van der Waals surface area contributed by atoms with Crippen molar-refractivity contribution >= 4 is 48.0 Å². The number of ketones is 1. The molecule has 0 heterocycles. The number of nitrogens with two attached hydrogens (primary N) is 1. The Hall–Kier alpha value is -3.29. The number of benzene rings is 1. The number of carbonyl (C=O) groups is 4. The normalized spacial score (nSPS) is 18.5. The molecule has 0 spiro atoms. The fourth-order valence-corrected chi connectivity index (χ4v) is 3.49. The maximum absolute atomic E-state index is 12.6. The zero-order valence-electron chi connectivity index (χ0n) is 17.3. The smallest absolute Gasteiger partial charge is 0.320 e. The van der Waals surface area contributed by atoms with Crippen LogP contribution in [0, 0.1) is 16.0 Å². The number of rotatable bonds is 11. The maximum atomic E-state index is 12.6. The highest BCUT2D eigenvalue weighted by molar-refractivity contribution is 7.80. The van der Waals surface area contributed by atoms with E-state index in [-0.39, 0.29) is 35.4 Å². The summed E-state index contributed by atoms with van der Waals surface area (Å²) < 4.78 is 0. The summed E-state index contributed by atoms with van der Waals surface area (Å²) in [7, 11) is 0. The second-order valence-electron chi connectivity index (χ2n) is 7.34. The highest BCUT2D eigenvalue weighted by atomic mass is 32.1. The van der Waals surface area contributed by atoms with Gasteiger partial charge in [-0.2, -0.15) is 12.6 Å². The van der Waals surface area contributed by atoms with E-state index in [4.69, 9.17) is 10.8 Å². The van der Waals surface area contributed by atoms with Gasteiger partial charge in [0.25, 0.3) is 5.69 Å². The lowest BCUT2D eigenvalue weighted by Gasteiger charge is -2.25. The van der Waals surface area contributed by atoms with Gasteiger partial charge in [-0.05, 0) is 12.0 Å². The van der Waals surface area contributed by atoms with Gasteiger partial charge in [-0.3, -0.25) is 29.3 Å². The van der Waals surface area contributed by atoms with Crippen LogP contribution in [0.2, 0.25) is 0 Å². The van der Waals surface area contributed by atoms with Crippen LogP contribution in [0.15, 0.2) is 24.3 Å². The third kappa shape index (κ3) is 6.60. The predicted molar refractivity (Wildman–Crippen MR) is 119 cm³/mol. The number of aliphatic carboxylic acids is 1. The summed E-state index contributed by atoms with van der Waals surface area (Å²) >= 11 is 4.00. The lowest BCUT2D eigenvalue weighted by atomic mass is 9.83. The number of Topliss-reactive ketones (excluding diaryl/α,β-unsaturated/α-hetero) is 1. The molecule has 0 bridgehead atoms. The minimum Gasteiger partial charge on any atom is -0.480 e. The molecule has 4 atom stereocenters. The lowest BCUT2D eigenvalue weighted by molar-refractivity contribution is -0.385. The van der Waals surface area contributed by atoms with Crippen molar-refractivity contribution in [1.82, 2.24) is 10.6 Å². The van der Waals surface area contributed by atoms with Gasteiger partial charge in [0.2, 0.25) is 11.8 Å². The van der Waals surface area contributed by atoms with Crippen LogP contribution in [0.1, 0.15) is 30.1 Å². The number of hydrogen-bond acceptors (Lipinski definition) is 9. The first-order valence-electron chi connectivity index (χ1n) is 9.89. The van der Waals surface area contributed by atoms with Crippen molar-refractivity contribution in [3.8, 4) is 0 Å². The van der Waals surface area contributed by atoms with E-state index in [2.05, 4.69) is 23.3 Å². The molecule has 0 aromatic heterocycles. The molecule has 1 aliphatic carbocycles. The fraction of sp³-hybridized carbons (Fsp3) is 0.400. The Morgan fingerprint density at radius 1 is 1.27 bits per heavy atom. The summed E-state index contributed by atoms with van der Waals surface area (Å²) in [6.07, 6.45) is 1.08. The number of carboxylic acids is 1. The summed E-state index contributed by atoms with van der Waals surface area (Å²) in [4.78, 5) is 58.1. The first kappa shape index (κ1) is 26.0. The number of carboxylic acid groups (broad SMARTS) is 1. The molecule has 0 saturated heterocycles. The summed E-state index contributed by atoms with van der Waals surface area (Å²) in [5, 5.41) is 35.2. The van der Waals surface area contributed by atoms with Crippen molar-refractivity contribution in [2.24, 2.45) is 11.7 Å². The molecule has 0 saturated carbocycles. The van der Waals surface area contributed by atoms with Gasteiger partial charge in [-0.25, -0.2) is 0 Å². The average Bonchev–Trinajstić information content (AvgIpc) is 2.78. The van der Waals surface area contributed by atoms with Crippen LogP contribution < -0.4 is 16.4 Å². The molecule has 33 heavy (non-hydrogen) atoms. The second-order valence-corrected chi connectivity index (χ2v) is 7.70. The number of aliphatic hydroxyl groups is 1. The number of nitro groups is 1. The quantitative estimate of drug-likeness (QED) is 0.138. The molecule has 2 rings (SSSR count). The third-order valence-corrected chi connectivity index (χ3v) is 5.45. The summed E-state index contributed by atoms with van der Waals surface area (Å²) in [5.41, 5.74) is 5.58. The molecule has 0 aliphatic heterocycles. The van der Waals surface area contributed by atoms with Gasteiger partial charge in [0.15, 0.2) is 5.78 Å². The van der Waals surface area contributed by atoms with Crippen LogP contribution >= 0.6 is 12.6 Å². The number of carbonyl (C=O) groups excluding carboxylic acids is 3. The number of aliphatic hydroxyl groups excluding tert-OH is 1. The van der Waals surface area contributed by atoms with E-state index in [0.29, 0.717) is 0 Å². The second kappa shape index (κ2) is 11.5. The van der Waals surface area contributed by atoms with E-state index in [9.17, 15) is 34.4 Å². The standard InChI is InChI=1S/C20H24N4O8S/c21-13(20(29)30)6-7-17(26)23-14(9-33)19(28)22-8-16(25)12-5-4-10-11(18(12)27)2-1-3-15(10)24(31)32/h1-5,12-14,18,27,33H,6-9,21H2,(H,22,28)(H,23,26)(H,29,30)/t12?,13-,14-,18?/m0/s1. The Morgan fingerprint density at radius 3 is 2.58 bits per heavy atom. The zero-order valence-corrected chi connectivity index (χ0v) is 18.2. The summed E-state index contributed by atoms with van der Waals surface area (Å²) in [5.74, 6) is -4.20. The van der Waals surface area contributed by atoms with Crippen molar-refractivity contribution in [3.05, 3.63) is 45.5 Å². The molecular formula is C20H24N4O8S. The molecule has 13 heteroatoms. The average molecular weight is 480 g/mol. The first-order chi connectivity index (χ1) is 15.6. The molecule has 6 N–H and O–H groups in total. The fourth-order valence-electron chi connectivity index (χ4n) is 3.24. The van der Waals surface area contributed by atoms with Gasteiger partial charge >= 0.3 is 5.97 Å². The number of thiol groups is 1. The van der Waals surface area contributed by atoms with Crippen molar-refractivity contribution in [1.29, 1.82) is 0 Å². The summed E-state index contributed by atoms with van der Waals surface area (Å²) in [6.45, 7) is -0.459. The number of hydrogen-bond donors (Lipinski definition) is 6. The molecule has 1 aliphatic rings. The van der Waals surface area contributed by atoms with Crippen LogP contribution in [0.5, 0.6) is 0 Å². The highest BCUT2D eigenvalue weighted by Crippen LogP contribution is 2.37. The Kier molecular flexibility index (Phi) is 9.08. The van der Waals surface area contributed by atoms with Gasteiger partial charge in [0, 0.05) is 18.2 Å². The Labute approximate surface area is 193 Å². The van der Waals surface area contributed by atoms with Crippen molar-refractivity contribution in [2.75, 3.05) is 12.3 Å². The number of nitrogens with one attached hydrogen (secondary N) is 2. The summed E-state index contributed by atoms with van der Waals surface area (Å²) in [6, 6.07) is 1.90. The molecule has 0 fully saturated rings. The van der Waals surface area contributed by atoms with E-state index >= 15 is 0 Å². The number of nitro benzene ring substituents is 1. The van der Waals surface area contributed by atoms with Gasteiger partial charge in [0.05, 0.1) is 29.1 Å². The van der Waals surface area contributed by atoms with Crippen LogP contribution in [-0.2, 0) is 19.2 Å². The largest absolute Gasteiger partial charge is 0.480 e. The van der Waals surface area contributed by atoms with Crippen LogP contribution in [-0.4, -0.2) is 63.1 Å². The topological polar surface area (TPSA) is 202 Å².